The first-order chi connectivity index (χ1) is 15.4. The lowest BCUT2D eigenvalue weighted by molar-refractivity contribution is 0.262. The number of hydrogen-bond acceptors (Lipinski definition) is 8. The fraction of sp³-hybridized carbons (Fsp3) is 0.261. The fourth-order valence-electron chi connectivity index (χ4n) is 3.21. The third kappa shape index (κ3) is 5.28. The first-order valence-corrected chi connectivity index (χ1v) is 9.97. The van der Waals surface area contributed by atoms with Gasteiger partial charge in [-0.05, 0) is 61.2 Å². The van der Waals surface area contributed by atoms with Crippen LogP contribution in [-0.4, -0.2) is 26.5 Å². The second kappa shape index (κ2) is 10.2. The second-order valence-corrected chi connectivity index (χ2v) is 7.13. The van der Waals surface area contributed by atoms with Crippen molar-refractivity contribution >= 4 is 11.5 Å². The van der Waals surface area contributed by atoms with Crippen molar-refractivity contribution in [2.24, 2.45) is 0 Å². The molecule has 0 radical (unpaired) electrons. The van der Waals surface area contributed by atoms with E-state index < -0.39 is 5.56 Å². The van der Waals surface area contributed by atoms with Crippen LogP contribution in [0.15, 0.2) is 41.2 Å². The number of nitrogens with one attached hydrogen (secondary N) is 1. The van der Waals surface area contributed by atoms with Crippen molar-refractivity contribution in [3.8, 4) is 23.9 Å². The maximum Gasteiger partial charge on any atom is 0.341 e. The molecule has 1 aromatic heterocycles. The number of ether oxygens (including phenoxy) is 1. The highest BCUT2D eigenvalue weighted by Gasteiger charge is 2.15. The summed E-state index contributed by atoms with van der Waals surface area (Å²) in [6.45, 7) is 3.47. The number of hydrogen-bond donors (Lipinski definition) is 2. The summed E-state index contributed by atoms with van der Waals surface area (Å²) in [6.07, 6.45) is 1.08. The minimum Gasteiger partial charge on any atom is -0.423 e. The van der Waals surface area contributed by atoms with Crippen molar-refractivity contribution in [3.63, 3.8) is 0 Å². The molecule has 0 bridgehead atoms. The van der Waals surface area contributed by atoms with Crippen molar-refractivity contribution in [2.45, 2.75) is 33.2 Å². The predicted octanol–water partition coefficient (Wildman–Crippen LogP) is 3.11. The van der Waals surface area contributed by atoms with E-state index in [9.17, 15) is 9.90 Å². The number of anilines is 2. The van der Waals surface area contributed by atoms with Gasteiger partial charge in [0, 0.05) is 12.1 Å². The molecule has 9 nitrogen and oxygen atoms in total. The predicted molar refractivity (Wildman–Crippen MR) is 118 cm³/mol. The molecule has 0 spiro atoms. The lowest BCUT2D eigenvalue weighted by Crippen LogP contribution is -2.28. The maximum absolute atomic E-state index is 12.7. The van der Waals surface area contributed by atoms with Gasteiger partial charge in [-0.2, -0.15) is 15.5 Å². The van der Waals surface area contributed by atoms with Gasteiger partial charge in [0.15, 0.2) is 0 Å². The van der Waals surface area contributed by atoms with Gasteiger partial charge in [-0.3, -0.25) is 4.79 Å². The van der Waals surface area contributed by atoms with Crippen LogP contribution in [0.1, 0.15) is 28.7 Å². The number of aliphatic hydroxyl groups excluding tert-OH is 1. The first-order valence-electron chi connectivity index (χ1n) is 9.97. The van der Waals surface area contributed by atoms with E-state index >= 15 is 0 Å². The molecule has 9 heteroatoms. The minimum absolute atomic E-state index is 0.0193. The molecule has 32 heavy (non-hydrogen) atoms. The lowest BCUT2D eigenvalue weighted by Gasteiger charge is -2.14. The molecule has 0 fully saturated rings. The van der Waals surface area contributed by atoms with E-state index in [1.807, 2.05) is 32.0 Å². The number of benzene rings is 2. The Morgan fingerprint density at radius 2 is 1.84 bits per heavy atom. The van der Waals surface area contributed by atoms with Gasteiger partial charge in [-0.1, -0.05) is 12.1 Å². The van der Waals surface area contributed by atoms with Crippen LogP contribution in [0.2, 0.25) is 0 Å². The van der Waals surface area contributed by atoms with E-state index in [2.05, 4.69) is 21.5 Å². The molecular weight excluding hydrogens is 408 g/mol. The maximum atomic E-state index is 12.7. The summed E-state index contributed by atoms with van der Waals surface area (Å²) in [5, 5.41) is 34.1. The minimum atomic E-state index is -0.518. The zero-order valence-corrected chi connectivity index (χ0v) is 17.8. The fourth-order valence-corrected chi connectivity index (χ4v) is 3.21. The van der Waals surface area contributed by atoms with Gasteiger partial charge in [0.25, 0.3) is 0 Å². The van der Waals surface area contributed by atoms with Gasteiger partial charge in [-0.15, -0.1) is 5.10 Å². The first kappa shape index (κ1) is 22.5. The summed E-state index contributed by atoms with van der Waals surface area (Å²) in [4.78, 5) is 16.9. The van der Waals surface area contributed by atoms with Gasteiger partial charge < -0.3 is 15.2 Å². The van der Waals surface area contributed by atoms with Gasteiger partial charge in [0.05, 0.1) is 30.9 Å². The van der Waals surface area contributed by atoms with Crippen LogP contribution < -0.4 is 15.6 Å². The molecule has 3 aromatic rings. The zero-order chi connectivity index (χ0) is 23.1. The highest BCUT2D eigenvalue weighted by atomic mass is 16.5. The normalized spacial score (nSPS) is 10.3. The smallest absolute Gasteiger partial charge is 0.341 e. The number of nitriles is 2. The molecule has 0 amide bonds. The summed E-state index contributed by atoms with van der Waals surface area (Å²) < 4.78 is 7.03. The molecule has 0 saturated carbocycles. The van der Waals surface area contributed by atoms with Crippen molar-refractivity contribution < 1.29 is 9.84 Å². The Balaban J connectivity index is 1.95. The Labute approximate surface area is 185 Å². The Hall–Kier alpha value is -4.21. The molecule has 162 valence electrons. The summed E-state index contributed by atoms with van der Waals surface area (Å²) >= 11 is 0. The molecule has 0 aliphatic rings. The number of aliphatic hydroxyl groups is 1. The van der Waals surface area contributed by atoms with Crippen LogP contribution in [0.4, 0.5) is 11.5 Å². The summed E-state index contributed by atoms with van der Waals surface area (Å²) in [5.41, 5.74) is 3.27. The van der Waals surface area contributed by atoms with E-state index in [1.165, 1.54) is 0 Å². The topological polar surface area (TPSA) is 137 Å². The van der Waals surface area contributed by atoms with Crippen LogP contribution in [-0.2, 0) is 13.0 Å². The van der Waals surface area contributed by atoms with Gasteiger partial charge in [0.1, 0.15) is 5.75 Å². The Bertz CT molecular complexity index is 1230. The average Bonchev–Trinajstić information content (AvgIpc) is 2.78. The summed E-state index contributed by atoms with van der Waals surface area (Å²) in [5.74, 6) is 0.540. The van der Waals surface area contributed by atoms with Crippen LogP contribution in [0, 0.1) is 36.5 Å². The number of aryl methyl sites for hydroxylation is 3. The standard InChI is InChI=1S/C23H22N6O3/c1-15-12-18(4-3-9-24)13-16(2)20(15)32-23-27-21(22(31)29(28-23)10-11-30)26-19-7-5-17(14-25)6-8-19/h5-8,12-13,30H,3-4,10-11H2,1-2H3,(H,26,27,28). The molecule has 2 aromatic carbocycles. The Morgan fingerprint density at radius 3 is 2.44 bits per heavy atom. The van der Waals surface area contributed by atoms with E-state index in [4.69, 9.17) is 15.3 Å². The highest BCUT2D eigenvalue weighted by molar-refractivity contribution is 5.57. The van der Waals surface area contributed by atoms with Crippen molar-refractivity contribution in [3.05, 3.63) is 69.0 Å². The zero-order valence-electron chi connectivity index (χ0n) is 17.8. The molecule has 0 atom stereocenters. The van der Waals surface area contributed by atoms with Gasteiger partial charge in [-0.25, -0.2) is 4.68 Å². The van der Waals surface area contributed by atoms with Gasteiger partial charge in [0.2, 0.25) is 5.82 Å². The monoisotopic (exact) mass is 430 g/mol. The number of aromatic nitrogens is 3. The van der Waals surface area contributed by atoms with E-state index in [-0.39, 0.29) is 25.0 Å². The Kier molecular flexibility index (Phi) is 7.17. The number of nitrogens with zero attached hydrogens (tertiary/aromatic N) is 5. The van der Waals surface area contributed by atoms with Gasteiger partial charge >= 0.3 is 11.6 Å². The largest absolute Gasteiger partial charge is 0.423 e. The second-order valence-electron chi connectivity index (χ2n) is 7.13. The van der Waals surface area contributed by atoms with Crippen LogP contribution >= 0.6 is 0 Å². The molecule has 0 saturated heterocycles. The van der Waals surface area contributed by atoms with E-state index in [0.29, 0.717) is 29.8 Å². The van der Waals surface area contributed by atoms with Crippen molar-refractivity contribution in [1.29, 1.82) is 10.5 Å². The number of rotatable bonds is 8. The van der Waals surface area contributed by atoms with Crippen LogP contribution in [0.5, 0.6) is 11.8 Å². The summed E-state index contributed by atoms with van der Waals surface area (Å²) in [6, 6.07) is 14.6. The molecule has 0 aliphatic carbocycles. The SMILES string of the molecule is Cc1cc(CCC#N)cc(C)c1Oc1nc(Nc2ccc(C#N)cc2)c(=O)n(CCO)n1. The molecule has 3 rings (SSSR count). The van der Waals surface area contributed by atoms with Crippen molar-refractivity contribution in [2.75, 3.05) is 11.9 Å². The van der Waals surface area contributed by atoms with Crippen LogP contribution in [0.3, 0.4) is 0 Å². The quantitative estimate of drug-likeness (QED) is 0.556. The average molecular weight is 430 g/mol. The summed E-state index contributed by atoms with van der Waals surface area (Å²) in [7, 11) is 0. The third-order valence-corrected chi connectivity index (χ3v) is 4.68. The Morgan fingerprint density at radius 1 is 1.16 bits per heavy atom. The molecule has 0 unspecified atom stereocenters. The highest BCUT2D eigenvalue weighted by Crippen LogP contribution is 2.29. The molecule has 1 heterocycles. The van der Waals surface area contributed by atoms with Crippen LogP contribution in [0.25, 0.3) is 0 Å². The molecule has 0 aliphatic heterocycles. The van der Waals surface area contributed by atoms with E-state index in [0.717, 1.165) is 21.4 Å². The van der Waals surface area contributed by atoms with Crippen molar-refractivity contribution in [1.82, 2.24) is 14.8 Å². The molecular formula is C23H22N6O3. The third-order valence-electron chi connectivity index (χ3n) is 4.68. The van der Waals surface area contributed by atoms with E-state index in [1.54, 1.807) is 24.3 Å². The molecule has 2 N–H and O–H groups in total. The lowest BCUT2D eigenvalue weighted by atomic mass is 10.0.